The van der Waals surface area contributed by atoms with Gasteiger partial charge in [0.05, 0.1) is 18.8 Å². The molecule has 27 heavy (non-hydrogen) atoms. The second-order valence-corrected chi connectivity index (χ2v) is 6.25. The van der Waals surface area contributed by atoms with Gasteiger partial charge in [0, 0.05) is 12.5 Å². The molecule has 1 aliphatic heterocycles. The van der Waals surface area contributed by atoms with Gasteiger partial charge in [0.25, 0.3) is 0 Å². The second-order valence-electron chi connectivity index (χ2n) is 6.25. The smallest absolute Gasteiger partial charge is 0.414 e. The molecule has 3 aromatic rings. The van der Waals surface area contributed by atoms with E-state index in [1.807, 2.05) is 0 Å². The summed E-state index contributed by atoms with van der Waals surface area (Å²) in [6, 6.07) is 9.79. The molecule has 0 bridgehead atoms. The molecule has 1 fully saturated rings. The third kappa shape index (κ3) is 3.33. The molecule has 0 spiro atoms. The van der Waals surface area contributed by atoms with Crippen molar-refractivity contribution in [2.45, 2.75) is 13.0 Å². The number of nitrogens with one attached hydrogen (secondary N) is 1. The Bertz CT molecular complexity index is 1030. The minimum atomic E-state index is -0.569. The normalized spacial score (nSPS) is 16.6. The average Bonchev–Trinajstić information content (AvgIpc) is 3.25. The summed E-state index contributed by atoms with van der Waals surface area (Å²) in [7, 11) is 0. The molecular weight excluding hydrogens is 353 g/mol. The molecule has 1 atom stereocenters. The van der Waals surface area contributed by atoms with Gasteiger partial charge in [-0.1, -0.05) is 6.07 Å². The Balaban J connectivity index is 1.56. The summed E-state index contributed by atoms with van der Waals surface area (Å²) < 4.78 is 25.2. The van der Waals surface area contributed by atoms with Crippen LogP contribution in [0, 0.1) is 5.82 Å². The lowest BCUT2D eigenvalue weighted by Gasteiger charge is -2.14. The molecule has 2 aromatic carbocycles. The van der Waals surface area contributed by atoms with E-state index in [1.165, 1.54) is 24.3 Å². The first-order chi connectivity index (χ1) is 13.0. The van der Waals surface area contributed by atoms with Crippen LogP contribution < -0.4 is 10.2 Å². The molecule has 4 rings (SSSR count). The van der Waals surface area contributed by atoms with E-state index < -0.39 is 18.0 Å². The Morgan fingerprint density at radius 1 is 1.33 bits per heavy atom. The van der Waals surface area contributed by atoms with Gasteiger partial charge in [0.1, 0.15) is 17.4 Å². The first-order valence-electron chi connectivity index (χ1n) is 8.37. The molecule has 0 radical (unpaired) electrons. The number of anilines is 1. The summed E-state index contributed by atoms with van der Waals surface area (Å²) in [5.74, 6) is -0.673. The van der Waals surface area contributed by atoms with Crippen LogP contribution in [0.1, 0.15) is 6.92 Å². The number of hydrogen-bond acceptors (Lipinski definition) is 5. The predicted octanol–water partition coefficient (Wildman–Crippen LogP) is 3.10. The van der Waals surface area contributed by atoms with Crippen LogP contribution in [0.5, 0.6) is 0 Å². The van der Waals surface area contributed by atoms with Crippen molar-refractivity contribution >= 4 is 28.8 Å². The lowest BCUT2D eigenvalue weighted by molar-refractivity contribution is -0.119. The fourth-order valence-corrected chi connectivity index (χ4v) is 3.02. The van der Waals surface area contributed by atoms with E-state index in [9.17, 15) is 14.0 Å². The maximum atomic E-state index is 14.7. The molecule has 1 unspecified atom stereocenters. The Hall–Kier alpha value is -3.42. The third-order valence-corrected chi connectivity index (χ3v) is 4.36. The molecule has 2 amide bonds. The first-order valence-corrected chi connectivity index (χ1v) is 8.37. The largest absolute Gasteiger partial charge is 0.443 e. The zero-order valence-electron chi connectivity index (χ0n) is 14.4. The highest BCUT2D eigenvalue weighted by Gasteiger charge is 2.32. The maximum Gasteiger partial charge on any atom is 0.414 e. The van der Waals surface area contributed by atoms with Crippen molar-refractivity contribution in [1.29, 1.82) is 0 Å². The Kier molecular flexibility index (Phi) is 4.23. The third-order valence-electron chi connectivity index (χ3n) is 4.36. The quantitative estimate of drug-likeness (QED) is 0.764. The topological polar surface area (TPSA) is 84.7 Å². The van der Waals surface area contributed by atoms with Crippen LogP contribution in [0.2, 0.25) is 0 Å². The van der Waals surface area contributed by atoms with E-state index >= 15 is 0 Å². The average molecular weight is 369 g/mol. The van der Waals surface area contributed by atoms with E-state index in [-0.39, 0.29) is 19.0 Å². The Labute approximate surface area is 153 Å². The molecule has 0 saturated carbocycles. The molecule has 7 nitrogen and oxygen atoms in total. The van der Waals surface area contributed by atoms with Crippen molar-refractivity contribution in [2.75, 3.05) is 18.0 Å². The van der Waals surface area contributed by atoms with E-state index in [0.29, 0.717) is 27.9 Å². The Morgan fingerprint density at radius 2 is 2.19 bits per heavy atom. The highest BCUT2D eigenvalue weighted by Crippen LogP contribution is 2.30. The SMILES string of the molecule is CC(=O)NCC1CN(c2ccc(-c3ccc4ncoc4c3)c(F)c2)C(=O)O1. The second kappa shape index (κ2) is 6.71. The van der Waals surface area contributed by atoms with Crippen molar-refractivity contribution in [2.24, 2.45) is 0 Å². The van der Waals surface area contributed by atoms with Crippen LogP contribution in [0.4, 0.5) is 14.9 Å². The summed E-state index contributed by atoms with van der Waals surface area (Å²) in [5.41, 5.74) is 2.70. The maximum absolute atomic E-state index is 14.7. The summed E-state index contributed by atoms with van der Waals surface area (Å²) >= 11 is 0. The molecule has 1 N–H and O–H groups in total. The lowest BCUT2D eigenvalue weighted by Crippen LogP contribution is -2.33. The fraction of sp³-hybridized carbons (Fsp3) is 0.211. The number of halogens is 1. The number of nitrogens with zero attached hydrogens (tertiary/aromatic N) is 2. The number of aromatic nitrogens is 1. The molecule has 2 heterocycles. The number of fused-ring (bicyclic) bond motifs is 1. The molecule has 1 aliphatic rings. The number of ether oxygens (including phenoxy) is 1. The first kappa shape index (κ1) is 17.0. The van der Waals surface area contributed by atoms with Gasteiger partial charge in [-0.3, -0.25) is 9.69 Å². The zero-order chi connectivity index (χ0) is 19.0. The zero-order valence-corrected chi connectivity index (χ0v) is 14.4. The minimum absolute atomic E-state index is 0.205. The van der Waals surface area contributed by atoms with Crippen LogP contribution in [0.25, 0.3) is 22.2 Å². The predicted molar refractivity (Wildman–Crippen MR) is 95.7 cm³/mol. The van der Waals surface area contributed by atoms with Crippen LogP contribution in [-0.2, 0) is 9.53 Å². The number of rotatable bonds is 4. The number of oxazole rings is 1. The van der Waals surface area contributed by atoms with Crippen LogP contribution >= 0.6 is 0 Å². The van der Waals surface area contributed by atoms with Gasteiger partial charge in [0.15, 0.2) is 12.0 Å². The molecule has 1 aromatic heterocycles. The summed E-state index contributed by atoms with van der Waals surface area (Å²) in [4.78, 5) is 28.4. The van der Waals surface area contributed by atoms with Crippen molar-refractivity contribution in [3.63, 3.8) is 0 Å². The van der Waals surface area contributed by atoms with Gasteiger partial charge in [-0.25, -0.2) is 14.2 Å². The van der Waals surface area contributed by atoms with E-state index in [1.54, 1.807) is 30.3 Å². The van der Waals surface area contributed by atoms with Gasteiger partial charge in [-0.15, -0.1) is 0 Å². The minimum Gasteiger partial charge on any atom is -0.443 e. The van der Waals surface area contributed by atoms with E-state index in [4.69, 9.17) is 9.15 Å². The van der Waals surface area contributed by atoms with Crippen LogP contribution in [0.3, 0.4) is 0 Å². The number of hydrogen-bond donors (Lipinski definition) is 1. The summed E-state index contributed by atoms with van der Waals surface area (Å²) in [6.07, 6.45) is 0.295. The van der Waals surface area contributed by atoms with Crippen molar-refractivity contribution in [1.82, 2.24) is 10.3 Å². The fourth-order valence-electron chi connectivity index (χ4n) is 3.02. The number of amides is 2. The lowest BCUT2D eigenvalue weighted by atomic mass is 10.0. The van der Waals surface area contributed by atoms with Gasteiger partial charge < -0.3 is 14.5 Å². The molecular formula is C19H16FN3O4. The number of carbonyl (C=O) groups is 2. The summed E-state index contributed by atoms with van der Waals surface area (Å²) in [5, 5.41) is 2.60. The van der Waals surface area contributed by atoms with Gasteiger partial charge in [0.2, 0.25) is 5.91 Å². The molecule has 1 saturated heterocycles. The van der Waals surface area contributed by atoms with Crippen LogP contribution in [-0.4, -0.2) is 36.2 Å². The van der Waals surface area contributed by atoms with E-state index in [0.717, 1.165) is 0 Å². The number of cyclic esters (lactones) is 1. The summed E-state index contributed by atoms with van der Waals surface area (Å²) in [6.45, 7) is 1.84. The molecule has 0 aliphatic carbocycles. The van der Waals surface area contributed by atoms with Crippen LogP contribution in [0.15, 0.2) is 47.2 Å². The highest BCUT2D eigenvalue weighted by atomic mass is 19.1. The molecule has 138 valence electrons. The van der Waals surface area contributed by atoms with Crippen molar-refractivity contribution in [3.05, 3.63) is 48.6 Å². The van der Waals surface area contributed by atoms with E-state index in [2.05, 4.69) is 10.3 Å². The van der Waals surface area contributed by atoms with Gasteiger partial charge in [-0.05, 0) is 35.9 Å². The monoisotopic (exact) mass is 369 g/mol. The standard InChI is InChI=1S/C19H16FN3O4/c1-11(24)21-8-14-9-23(19(25)27-14)13-3-4-15(16(20)7-13)12-2-5-17-18(6-12)26-10-22-17/h2-7,10,14H,8-9H2,1H3,(H,21,24). The van der Waals surface area contributed by atoms with Crippen molar-refractivity contribution < 1.29 is 23.1 Å². The number of benzene rings is 2. The number of carbonyl (C=O) groups excluding carboxylic acids is 2. The molecule has 8 heteroatoms. The van der Waals surface area contributed by atoms with Gasteiger partial charge in [-0.2, -0.15) is 0 Å². The van der Waals surface area contributed by atoms with Crippen molar-refractivity contribution in [3.8, 4) is 11.1 Å². The van der Waals surface area contributed by atoms with Gasteiger partial charge >= 0.3 is 6.09 Å². The Morgan fingerprint density at radius 3 is 2.96 bits per heavy atom. The highest BCUT2D eigenvalue weighted by molar-refractivity contribution is 5.90.